The van der Waals surface area contributed by atoms with Gasteiger partial charge in [0.1, 0.15) is 17.5 Å². The summed E-state index contributed by atoms with van der Waals surface area (Å²) in [5, 5.41) is 0. The van der Waals surface area contributed by atoms with E-state index in [0.717, 1.165) is 11.3 Å². The maximum absolute atomic E-state index is 12.5. The summed E-state index contributed by atoms with van der Waals surface area (Å²) < 4.78 is 0. The van der Waals surface area contributed by atoms with Gasteiger partial charge in [-0.05, 0) is 31.7 Å². The maximum Gasteiger partial charge on any atom is 0.149 e. The van der Waals surface area contributed by atoms with Crippen LogP contribution in [-0.2, 0) is 9.59 Å². The molecular weight excluding hydrogens is 262 g/mol. The number of nitrogens with zero attached hydrogens (tertiary/aromatic N) is 1. The third-order valence-corrected chi connectivity index (χ3v) is 3.92. The molecule has 1 fully saturated rings. The van der Waals surface area contributed by atoms with Crippen molar-refractivity contribution in [3.05, 3.63) is 35.9 Å². The summed E-state index contributed by atoms with van der Waals surface area (Å²) in [6.07, 6.45) is 1.55. The lowest BCUT2D eigenvalue weighted by atomic mass is 9.74. The first-order chi connectivity index (χ1) is 10.0. The van der Waals surface area contributed by atoms with Crippen LogP contribution >= 0.6 is 0 Å². The second kappa shape index (κ2) is 6.79. The van der Waals surface area contributed by atoms with E-state index in [1.807, 2.05) is 51.1 Å². The van der Waals surface area contributed by atoms with Gasteiger partial charge in [0, 0.05) is 24.6 Å². The second-order valence-corrected chi connectivity index (χ2v) is 5.95. The molecule has 1 saturated carbocycles. The van der Waals surface area contributed by atoms with E-state index >= 15 is 0 Å². The number of hydrogen-bond acceptors (Lipinski definition) is 3. The van der Waals surface area contributed by atoms with Crippen LogP contribution in [0.2, 0.25) is 0 Å². The molecule has 0 radical (unpaired) electrons. The zero-order valence-corrected chi connectivity index (χ0v) is 13.0. The van der Waals surface area contributed by atoms with Crippen LogP contribution in [0.25, 0.3) is 0 Å². The van der Waals surface area contributed by atoms with Gasteiger partial charge in [-0.25, -0.2) is 0 Å². The van der Waals surface area contributed by atoms with E-state index in [1.165, 1.54) is 0 Å². The van der Waals surface area contributed by atoms with Crippen molar-refractivity contribution in [2.45, 2.75) is 52.0 Å². The number of aliphatic imine (C=N–C) groups is 1. The van der Waals surface area contributed by atoms with E-state index in [4.69, 9.17) is 0 Å². The average Bonchev–Trinajstić information content (AvgIpc) is 2.46. The lowest BCUT2D eigenvalue weighted by molar-refractivity contribution is -0.130. The third-order valence-electron chi connectivity index (χ3n) is 3.92. The number of carbonyl (C=O) groups excluding carboxylic acids is 2. The molecule has 0 saturated heterocycles. The third kappa shape index (κ3) is 3.66. The van der Waals surface area contributed by atoms with E-state index < -0.39 is 5.92 Å². The van der Waals surface area contributed by atoms with E-state index in [1.54, 1.807) is 0 Å². The minimum absolute atomic E-state index is 0.00547. The highest BCUT2D eigenvalue weighted by molar-refractivity contribution is 6.22. The molecular formula is C18H23NO2. The predicted molar refractivity (Wildman–Crippen MR) is 84.8 cm³/mol. The number of rotatable bonds is 4. The monoisotopic (exact) mass is 285 g/mol. The Balaban J connectivity index is 2.31. The molecule has 0 unspecified atom stereocenters. The van der Waals surface area contributed by atoms with Crippen molar-refractivity contribution in [1.29, 1.82) is 0 Å². The Bertz CT molecular complexity index is 546. The van der Waals surface area contributed by atoms with E-state index in [9.17, 15) is 9.59 Å². The summed E-state index contributed by atoms with van der Waals surface area (Å²) in [5.41, 5.74) is 1.94. The van der Waals surface area contributed by atoms with Gasteiger partial charge in [0.15, 0.2) is 0 Å². The van der Waals surface area contributed by atoms with E-state index in [-0.39, 0.29) is 23.5 Å². The van der Waals surface area contributed by atoms with Gasteiger partial charge in [0.05, 0.1) is 0 Å². The molecule has 1 aromatic rings. The SMILES string of the molecule is CCC(=O)[C@@H]1C(=O)C[C@@H](c2ccccc2)CC1=NC(C)C. The van der Waals surface area contributed by atoms with Crippen LogP contribution in [-0.4, -0.2) is 23.3 Å². The molecule has 3 nitrogen and oxygen atoms in total. The zero-order chi connectivity index (χ0) is 15.4. The Morgan fingerprint density at radius 2 is 1.90 bits per heavy atom. The highest BCUT2D eigenvalue weighted by atomic mass is 16.1. The Morgan fingerprint density at radius 3 is 2.48 bits per heavy atom. The largest absolute Gasteiger partial charge is 0.298 e. The van der Waals surface area contributed by atoms with Crippen molar-refractivity contribution in [3.8, 4) is 0 Å². The van der Waals surface area contributed by atoms with Crippen molar-refractivity contribution >= 4 is 17.3 Å². The first-order valence-electron chi connectivity index (χ1n) is 7.69. The van der Waals surface area contributed by atoms with Crippen molar-refractivity contribution in [2.75, 3.05) is 0 Å². The number of hydrogen-bond donors (Lipinski definition) is 0. The molecule has 1 aromatic carbocycles. The van der Waals surface area contributed by atoms with Gasteiger partial charge in [0.25, 0.3) is 0 Å². The van der Waals surface area contributed by atoms with Crippen LogP contribution in [0, 0.1) is 5.92 Å². The Morgan fingerprint density at radius 1 is 1.24 bits per heavy atom. The molecule has 1 aliphatic rings. The van der Waals surface area contributed by atoms with Gasteiger partial charge < -0.3 is 0 Å². The first-order valence-corrected chi connectivity index (χ1v) is 7.69. The number of ketones is 2. The van der Waals surface area contributed by atoms with Gasteiger partial charge in [-0.15, -0.1) is 0 Å². The zero-order valence-electron chi connectivity index (χ0n) is 13.0. The maximum atomic E-state index is 12.5. The molecule has 3 heteroatoms. The minimum Gasteiger partial charge on any atom is -0.298 e. The summed E-state index contributed by atoms with van der Waals surface area (Å²) in [7, 11) is 0. The molecule has 2 rings (SSSR count). The molecule has 0 heterocycles. The number of Topliss-reactive ketones (excluding diaryl/α,β-unsaturated/α-hetero) is 2. The molecule has 0 amide bonds. The molecule has 0 aromatic heterocycles. The van der Waals surface area contributed by atoms with Crippen molar-refractivity contribution in [2.24, 2.45) is 10.9 Å². The van der Waals surface area contributed by atoms with Crippen molar-refractivity contribution in [1.82, 2.24) is 0 Å². The molecule has 0 aliphatic heterocycles. The molecule has 0 spiro atoms. The lowest BCUT2D eigenvalue weighted by Gasteiger charge is -2.29. The van der Waals surface area contributed by atoms with Gasteiger partial charge in [0.2, 0.25) is 0 Å². The summed E-state index contributed by atoms with van der Waals surface area (Å²) in [6.45, 7) is 5.78. The standard InChI is InChI=1S/C18H23NO2/c1-4-16(20)18-15(19-12(2)3)10-14(11-17(18)21)13-8-6-5-7-9-13/h5-9,12,14,18H,4,10-11H2,1-3H3/t14-,18+/m0/s1. The quantitative estimate of drug-likeness (QED) is 0.794. The highest BCUT2D eigenvalue weighted by Crippen LogP contribution is 2.33. The fourth-order valence-electron chi connectivity index (χ4n) is 2.98. The molecule has 0 bridgehead atoms. The fourth-order valence-corrected chi connectivity index (χ4v) is 2.98. The lowest BCUT2D eigenvalue weighted by Crippen LogP contribution is -2.38. The van der Waals surface area contributed by atoms with Gasteiger partial charge in [-0.3, -0.25) is 14.6 Å². The normalized spacial score (nSPS) is 24.6. The summed E-state index contributed by atoms with van der Waals surface area (Å²) in [4.78, 5) is 29.2. The van der Waals surface area contributed by atoms with Gasteiger partial charge in [-0.1, -0.05) is 37.3 Å². The Labute approximate surface area is 126 Å². The Kier molecular flexibility index (Phi) is 5.05. The first kappa shape index (κ1) is 15.6. The molecule has 0 N–H and O–H groups in total. The average molecular weight is 285 g/mol. The number of carbonyl (C=O) groups is 2. The van der Waals surface area contributed by atoms with E-state index in [0.29, 0.717) is 19.3 Å². The summed E-state index contributed by atoms with van der Waals surface area (Å²) in [5.74, 6) is -0.415. The highest BCUT2D eigenvalue weighted by Gasteiger charge is 2.37. The van der Waals surface area contributed by atoms with Crippen LogP contribution in [0.5, 0.6) is 0 Å². The summed E-state index contributed by atoms with van der Waals surface area (Å²) >= 11 is 0. The van der Waals surface area contributed by atoms with Gasteiger partial charge >= 0.3 is 0 Å². The summed E-state index contributed by atoms with van der Waals surface area (Å²) in [6, 6.07) is 10.2. The van der Waals surface area contributed by atoms with Crippen LogP contribution in [0.1, 0.15) is 51.5 Å². The molecule has 112 valence electrons. The smallest absolute Gasteiger partial charge is 0.149 e. The topological polar surface area (TPSA) is 46.5 Å². The predicted octanol–water partition coefficient (Wildman–Crippen LogP) is 3.58. The van der Waals surface area contributed by atoms with Crippen molar-refractivity contribution < 1.29 is 9.59 Å². The fraction of sp³-hybridized carbons (Fsp3) is 0.500. The van der Waals surface area contributed by atoms with Crippen LogP contribution in [0.15, 0.2) is 35.3 Å². The molecule has 2 atom stereocenters. The van der Waals surface area contributed by atoms with Crippen molar-refractivity contribution in [3.63, 3.8) is 0 Å². The van der Waals surface area contributed by atoms with Crippen LogP contribution in [0.3, 0.4) is 0 Å². The second-order valence-electron chi connectivity index (χ2n) is 5.95. The van der Waals surface area contributed by atoms with Crippen LogP contribution < -0.4 is 0 Å². The molecule has 1 aliphatic carbocycles. The number of benzene rings is 1. The Hall–Kier alpha value is -1.77. The van der Waals surface area contributed by atoms with Crippen LogP contribution in [0.4, 0.5) is 0 Å². The van der Waals surface area contributed by atoms with E-state index in [2.05, 4.69) is 4.99 Å². The minimum atomic E-state index is -0.600. The van der Waals surface area contributed by atoms with Gasteiger partial charge in [-0.2, -0.15) is 0 Å². The molecule has 21 heavy (non-hydrogen) atoms.